The summed E-state index contributed by atoms with van der Waals surface area (Å²) in [4.78, 5) is 11.9. The number of amides is 1. The van der Waals surface area contributed by atoms with Crippen molar-refractivity contribution in [1.29, 1.82) is 0 Å². The summed E-state index contributed by atoms with van der Waals surface area (Å²) in [6.45, 7) is 5.05. The molecule has 0 saturated carbocycles. The van der Waals surface area contributed by atoms with E-state index in [0.717, 1.165) is 41.7 Å². The van der Waals surface area contributed by atoms with Crippen LogP contribution >= 0.6 is 23.1 Å². The molecule has 1 fully saturated rings. The van der Waals surface area contributed by atoms with Crippen molar-refractivity contribution in [2.75, 3.05) is 11.9 Å². The first-order valence-electron chi connectivity index (χ1n) is 6.73. The molecule has 2 heterocycles. The molecule has 0 radical (unpaired) electrons. The molecule has 5 nitrogen and oxygen atoms in total. The van der Waals surface area contributed by atoms with Gasteiger partial charge in [-0.3, -0.25) is 4.79 Å². The minimum Gasteiger partial charge on any atom is -0.358 e. The first kappa shape index (κ1) is 14.6. The average Bonchev–Trinajstić information content (AvgIpc) is 2.73. The normalized spacial score (nSPS) is 21.6. The molecule has 7 heteroatoms. The third-order valence-electron chi connectivity index (χ3n) is 3.12. The van der Waals surface area contributed by atoms with Crippen LogP contribution in [0.25, 0.3) is 0 Å². The predicted molar refractivity (Wildman–Crippen MR) is 79.8 cm³/mol. The van der Waals surface area contributed by atoms with Gasteiger partial charge in [-0.2, -0.15) is 0 Å². The first-order chi connectivity index (χ1) is 9.19. The Morgan fingerprint density at radius 1 is 1.53 bits per heavy atom. The molecule has 2 atom stereocenters. The van der Waals surface area contributed by atoms with Crippen LogP contribution in [0.5, 0.6) is 0 Å². The molecule has 0 aromatic carbocycles. The van der Waals surface area contributed by atoms with Gasteiger partial charge in [-0.15, -0.1) is 10.2 Å². The summed E-state index contributed by atoms with van der Waals surface area (Å²) < 4.78 is 0.868. The quantitative estimate of drug-likeness (QED) is 0.874. The summed E-state index contributed by atoms with van der Waals surface area (Å²) in [6, 6.07) is 0.395. The van der Waals surface area contributed by atoms with E-state index in [4.69, 9.17) is 0 Å². The van der Waals surface area contributed by atoms with Crippen LogP contribution in [0.2, 0.25) is 0 Å². The van der Waals surface area contributed by atoms with Crippen LogP contribution < -0.4 is 10.6 Å². The minimum absolute atomic E-state index is 0.0214. The molecule has 2 N–H and O–H groups in total. The zero-order valence-corrected chi connectivity index (χ0v) is 12.9. The molecular weight excluding hydrogens is 280 g/mol. The fraction of sp³-hybridized carbons (Fsp3) is 0.750. The van der Waals surface area contributed by atoms with Gasteiger partial charge in [0.2, 0.25) is 11.0 Å². The van der Waals surface area contributed by atoms with E-state index >= 15 is 0 Å². The Kier molecular flexibility index (Phi) is 5.45. The highest BCUT2D eigenvalue weighted by Gasteiger charge is 2.23. The highest BCUT2D eigenvalue weighted by molar-refractivity contribution is 8.02. The number of hydrogen-bond acceptors (Lipinski definition) is 6. The number of carbonyl (C=O) groups excluding carboxylic acids is 1. The smallest absolute Gasteiger partial charge is 0.233 e. The number of anilines is 1. The molecule has 1 saturated heterocycles. The van der Waals surface area contributed by atoms with Gasteiger partial charge in [0.1, 0.15) is 0 Å². The first-order valence-corrected chi connectivity index (χ1v) is 8.43. The van der Waals surface area contributed by atoms with Gasteiger partial charge < -0.3 is 10.6 Å². The predicted octanol–water partition coefficient (Wildman–Crippen LogP) is 2.51. The zero-order chi connectivity index (χ0) is 13.7. The highest BCUT2D eigenvalue weighted by atomic mass is 32.2. The lowest BCUT2D eigenvalue weighted by Crippen LogP contribution is -2.30. The molecule has 1 aromatic heterocycles. The lowest BCUT2D eigenvalue weighted by molar-refractivity contribution is -0.120. The van der Waals surface area contributed by atoms with Crippen LogP contribution in [0.4, 0.5) is 5.13 Å². The standard InChI is InChI=1S/C12H20N4OS2/c1-3-8(2)14-11-15-16-12(19-11)18-9-6-4-5-7-13-10(9)17/h8-9H,3-7H2,1-2H3,(H,13,17)(H,14,15). The van der Waals surface area contributed by atoms with Crippen molar-refractivity contribution in [1.82, 2.24) is 15.5 Å². The van der Waals surface area contributed by atoms with Crippen LogP contribution in [0.15, 0.2) is 4.34 Å². The molecule has 1 amide bonds. The van der Waals surface area contributed by atoms with Gasteiger partial charge in [0.05, 0.1) is 5.25 Å². The Labute approximate surface area is 122 Å². The number of aromatic nitrogens is 2. The van der Waals surface area contributed by atoms with E-state index < -0.39 is 0 Å². The Morgan fingerprint density at radius 3 is 3.16 bits per heavy atom. The number of nitrogens with one attached hydrogen (secondary N) is 2. The number of thioether (sulfide) groups is 1. The second-order valence-corrected chi connectivity index (χ2v) is 7.15. The Bertz CT molecular complexity index is 424. The lowest BCUT2D eigenvalue weighted by atomic mass is 10.2. The lowest BCUT2D eigenvalue weighted by Gasteiger charge is -2.10. The molecule has 0 aliphatic carbocycles. The maximum Gasteiger partial charge on any atom is 0.233 e. The van der Waals surface area contributed by atoms with Crippen molar-refractivity contribution in [3.8, 4) is 0 Å². The van der Waals surface area contributed by atoms with Crippen molar-refractivity contribution in [3.63, 3.8) is 0 Å². The van der Waals surface area contributed by atoms with Crippen LogP contribution in [0.1, 0.15) is 39.5 Å². The van der Waals surface area contributed by atoms with Crippen molar-refractivity contribution in [2.45, 2.75) is 55.2 Å². The summed E-state index contributed by atoms with van der Waals surface area (Å²) >= 11 is 3.06. The van der Waals surface area contributed by atoms with Crippen molar-refractivity contribution in [2.24, 2.45) is 0 Å². The van der Waals surface area contributed by atoms with E-state index in [1.807, 2.05) is 0 Å². The van der Waals surface area contributed by atoms with E-state index in [1.54, 1.807) is 0 Å². The molecule has 106 valence electrons. The highest BCUT2D eigenvalue weighted by Crippen LogP contribution is 2.32. The maximum absolute atomic E-state index is 11.9. The van der Waals surface area contributed by atoms with Gasteiger partial charge in [-0.1, -0.05) is 36.4 Å². The summed E-state index contributed by atoms with van der Waals surface area (Å²) in [5.74, 6) is 0.133. The van der Waals surface area contributed by atoms with E-state index in [0.29, 0.717) is 6.04 Å². The van der Waals surface area contributed by atoms with Crippen LogP contribution in [0.3, 0.4) is 0 Å². The van der Waals surface area contributed by atoms with Gasteiger partial charge in [-0.05, 0) is 26.2 Å². The molecule has 1 aromatic rings. The largest absolute Gasteiger partial charge is 0.358 e. The van der Waals surface area contributed by atoms with Gasteiger partial charge in [0.25, 0.3) is 0 Å². The maximum atomic E-state index is 11.9. The molecule has 1 aliphatic rings. The minimum atomic E-state index is -0.0214. The van der Waals surface area contributed by atoms with Gasteiger partial charge in [0, 0.05) is 12.6 Å². The summed E-state index contributed by atoms with van der Waals surface area (Å²) in [7, 11) is 0. The second kappa shape index (κ2) is 7.09. The topological polar surface area (TPSA) is 66.9 Å². The SMILES string of the molecule is CCC(C)Nc1nnc(SC2CCCCNC2=O)s1. The Hall–Kier alpha value is -0.820. The van der Waals surface area contributed by atoms with Crippen LogP contribution in [-0.2, 0) is 4.79 Å². The van der Waals surface area contributed by atoms with Crippen molar-refractivity contribution >= 4 is 34.1 Å². The zero-order valence-electron chi connectivity index (χ0n) is 11.3. The Morgan fingerprint density at radius 2 is 2.37 bits per heavy atom. The molecule has 2 unspecified atom stereocenters. The van der Waals surface area contributed by atoms with E-state index in [1.165, 1.54) is 23.1 Å². The van der Waals surface area contributed by atoms with Crippen LogP contribution in [0, 0.1) is 0 Å². The fourth-order valence-corrected chi connectivity index (χ4v) is 3.95. The van der Waals surface area contributed by atoms with E-state index in [2.05, 4.69) is 34.7 Å². The van der Waals surface area contributed by atoms with Gasteiger partial charge in [0.15, 0.2) is 4.34 Å². The summed E-state index contributed by atoms with van der Waals surface area (Å²) in [5, 5.41) is 15.3. The molecule has 0 bridgehead atoms. The summed E-state index contributed by atoms with van der Waals surface area (Å²) in [6.07, 6.45) is 4.13. The van der Waals surface area contributed by atoms with Gasteiger partial charge >= 0.3 is 0 Å². The molecule has 1 aliphatic heterocycles. The third kappa shape index (κ3) is 4.35. The third-order valence-corrected chi connectivity index (χ3v) is 5.32. The van der Waals surface area contributed by atoms with Crippen LogP contribution in [-0.4, -0.2) is 33.9 Å². The van der Waals surface area contributed by atoms with E-state index in [9.17, 15) is 4.79 Å². The number of hydrogen-bond donors (Lipinski definition) is 2. The average molecular weight is 300 g/mol. The fourth-order valence-electron chi connectivity index (χ4n) is 1.77. The summed E-state index contributed by atoms with van der Waals surface area (Å²) in [5.41, 5.74) is 0. The molecule has 19 heavy (non-hydrogen) atoms. The monoisotopic (exact) mass is 300 g/mol. The van der Waals surface area contributed by atoms with Crippen molar-refractivity contribution in [3.05, 3.63) is 0 Å². The molecular formula is C12H20N4OS2. The van der Waals surface area contributed by atoms with Crippen molar-refractivity contribution < 1.29 is 4.79 Å². The molecule has 2 rings (SSSR count). The number of rotatable bonds is 5. The van der Waals surface area contributed by atoms with E-state index in [-0.39, 0.29) is 11.2 Å². The second-order valence-electron chi connectivity index (χ2n) is 4.72. The Balaban J connectivity index is 1.93. The molecule has 0 spiro atoms. The number of carbonyl (C=O) groups is 1. The number of nitrogens with zero attached hydrogens (tertiary/aromatic N) is 2. The van der Waals surface area contributed by atoms with Gasteiger partial charge in [-0.25, -0.2) is 0 Å².